The number of carbonyl (C=O) groups excluding carboxylic acids is 1. The number of benzene rings is 2. The zero-order chi connectivity index (χ0) is 18.4. The highest BCUT2D eigenvalue weighted by Crippen LogP contribution is 2.41. The van der Waals surface area contributed by atoms with Crippen molar-refractivity contribution in [1.29, 1.82) is 0 Å². The van der Waals surface area contributed by atoms with E-state index < -0.39 is 5.82 Å². The largest absolute Gasteiger partial charge is 0.384 e. The molecule has 132 valence electrons. The van der Waals surface area contributed by atoms with Gasteiger partial charge in [0.05, 0.1) is 5.39 Å². The van der Waals surface area contributed by atoms with Crippen molar-refractivity contribution in [1.82, 2.24) is 4.57 Å². The first-order valence-electron chi connectivity index (χ1n) is 8.47. The monoisotopic (exact) mass is 351 g/mol. The Morgan fingerprint density at radius 1 is 1.19 bits per heavy atom. The highest BCUT2D eigenvalue weighted by Gasteiger charge is 2.29. The Labute approximate surface area is 149 Å². The van der Waals surface area contributed by atoms with Crippen molar-refractivity contribution in [2.75, 3.05) is 11.1 Å². The summed E-state index contributed by atoms with van der Waals surface area (Å²) in [7, 11) is 0. The molecule has 0 atom stereocenters. The summed E-state index contributed by atoms with van der Waals surface area (Å²) in [4.78, 5) is 24.4. The summed E-state index contributed by atoms with van der Waals surface area (Å²) >= 11 is 0. The molecular weight excluding hydrogens is 333 g/mol. The van der Waals surface area contributed by atoms with Crippen LogP contribution in [0.5, 0.6) is 0 Å². The number of aromatic nitrogens is 1. The minimum Gasteiger partial charge on any atom is -0.384 e. The van der Waals surface area contributed by atoms with Crippen molar-refractivity contribution in [3.8, 4) is 11.1 Å². The van der Waals surface area contributed by atoms with E-state index in [0.29, 0.717) is 27.6 Å². The number of nitrogen functional groups attached to an aromatic ring is 1. The quantitative estimate of drug-likeness (QED) is 0.756. The third-order valence-electron chi connectivity index (χ3n) is 4.63. The maximum absolute atomic E-state index is 14.5. The topological polar surface area (TPSA) is 77.1 Å². The summed E-state index contributed by atoms with van der Waals surface area (Å²) in [6, 6.07) is 11.4. The Kier molecular flexibility index (Phi) is 3.76. The highest BCUT2D eigenvalue weighted by atomic mass is 19.1. The van der Waals surface area contributed by atoms with E-state index in [4.69, 9.17) is 5.73 Å². The number of hydrogen-bond donors (Lipinski definition) is 2. The van der Waals surface area contributed by atoms with Crippen LogP contribution in [0.4, 0.5) is 15.9 Å². The van der Waals surface area contributed by atoms with Crippen LogP contribution in [0, 0.1) is 5.82 Å². The van der Waals surface area contributed by atoms with Gasteiger partial charge in [-0.1, -0.05) is 24.3 Å². The van der Waals surface area contributed by atoms with E-state index in [0.717, 1.165) is 12.8 Å². The predicted octanol–water partition coefficient (Wildman–Crippen LogP) is 3.68. The molecule has 0 unspecified atom stereocenters. The average molecular weight is 351 g/mol. The van der Waals surface area contributed by atoms with Crippen molar-refractivity contribution in [2.24, 2.45) is 0 Å². The lowest BCUT2D eigenvalue weighted by atomic mass is 9.98. The zero-order valence-corrected chi connectivity index (χ0v) is 14.3. The number of fused-ring (bicyclic) bond motifs is 1. The van der Waals surface area contributed by atoms with Crippen molar-refractivity contribution in [3.05, 3.63) is 58.6 Å². The first-order valence-corrected chi connectivity index (χ1v) is 8.47. The fourth-order valence-corrected chi connectivity index (χ4v) is 3.36. The molecule has 0 aliphatic heterocycles. The summed E-state index contributed by atoms with van der Waals surface area (Å²) in [6.45, 7) is 1.40. The number of carbonyl (C=O) groups is 1. The van der Waals surface area contributed by atoms with Crippen LogP contribution in [0.25, 0.3) is 21.9 Å². The van der Waals surface area contributed by atoms with Gasteiger partial charge < -0.3 is 11.1 Å². The van der Waals surface area contributed by atoms with Gasteiger partial charge in [0, 0.05) is 29.8 Å². The smallest absolute Gasteiger partial charge is 0.260 e. The lowest BCUT2D eigenvalue weighted by molar-refractivity contribution is -0.114. The first kappa shape index (κ1) is 16.3. The van der Waals surface area contributed by atoms with Gasteiger partial charge in [-0.05, 0) is 36.4 Å². The summed E-state index contributed by atoms with van der Waals surface area (Å²) in [5.74, 6) is -0.341. The average Bonchev–Trinajstić information content (AvgIpc) is 3.41. The molecule has 3 aromatic rings. The molecule has 1 aromatic heterocycles. The third-order valence-corrected chi connectivity index (χ3v) is 4.63. The van der Waals surface area contributed by atoms with Gasteiger partial charge in [0.25, 0.3) is 5.56 Å². The van der Waals surface area contributed by atoms with Crippen LogP contribution in [-0.4, -0.2) is 10.5 Å². The maximum atomic E-state index is 14.5. The van der Waals surface area contributed by atoms with Gasteiger partial charge in [0.15, 0.2) is 0 Å². The highest BCUT2D eigenvalue weighted by molar-refractivity contribution is 6.03. The Morgan fingerprint density at radius 3 is 2.58 bits per heavy atom. The Bertz CT molecular complexity index is 1100. The molecule has 1 aliphatic carbocycles. The van der Waals surface area contributed by atoms with Crippen LogP contribution in [0.2, 0.25) is 0 Å². The van der Waals surface area contributed by atoms with Crippen LogP contribution in [0.3, 0.4) is 0 Å². The molecule has 1 amide bonds. The molecule has 1 heterocycles. The van der Waals surface area contributed by atoms with Crippen LogP contribution < -0.4 is 16.6 Å². The van der Waals surface area contributed by atoms with Crippen molar-refractivity contribution in [3.63, 3.8) is 0 Å². The summed E-state index contributed by atoms with van der Waals surface area (Å²) in [5.41, 5.74) is 7.51. The molecule has 5 nitrogen and oxygen atoms in total. The second-order valence-corrected chi connectivity index (χ2v) is 6.59. The Balaban J connectivity index is 2.08. The van der Waals surface area contributed by atoms with Gasteiger partial charge >= 0.3 is 0 Å². The lowest BCUT2D eigenvalue weighted by Gasteiger charge is -2.17. The van der Waals surface area contributed by atoms with E-state index in [1.54, 1.807) is 41.0 Å². The van der Waals surface area contributed by atoms with Crippen LogP contribution in [-0.2, 0) is 4.79 Å². The van der Waals surface area contributed by atoms with E-state index in [9.17, 15) is 14.0 Å². The van der Waals surface area contributed by atoms with Gasteiger partial charge in [-0.2, -0.15) is 0 Å². The number of pyridine rings is 1. The molecule has 0 spiro atoms. The number of nitrogens with one attached hydrogen (secondary N) is 1. The molecule has 1 aliphatic rings. The molecule has 1 fully saturated rings. The number of hydrogen-bond acceptors (Lipinski definition) is 3. The number of nitrogens with two attached hydrogens (primary N) is 1. The van der Waals surface area contributed by atoms with Crippen molar-refractivity contribution < 1.29 is 9.18 Å². The van der Waals surface area contributed by atoms with Crippen LogP contribution in [0.15, 0.2) is 47.3 Å². The zero-order valence-electron chi connectivity index (χ0n) is 14.3. The first-order chi connectivity index (χ1) is 12.5. The normalized spacial score (nSPS) is 13.8. The molecule has 1 saturated carbocycles. The molecule has 3 N–H and O–H groups in total. The summed E-state index contributed by atoms with van der Waals surface area (Å²) in [6.07, 6.45) is 1.75. The number of amides is 1. The van der Waals surface area contributed by atoms with E-state index in [-0.39, 0.29) is 23.3 Å². The van der Waals surface area contributed by atoms with Gasteiger partial charge in [-0.15, -0.1) is 0 Å². The number of anilines is 2. The Hall–Kier alpha value is -3.15. The minimum atomic E-state index is -0.396. The summed E-state index contributed by atoms with van der Waals surface area (Å²) in [5, 5.41) is 3.67. The standard InChI is InChI=1S/C20H18FN3O2/c1-11(25)23-12-6-9-14-16(10-12)20(26)24(13-7-8-13)19(22)18(14)15-4-2-3-5-17(15)21/h2-6,9-10,13H,7-8,22H2,1H3,(H,23,25). The van der Waals surface area contributed by atoms with E-state index >= 15 is 0 Å². The summed E-state index contributed by atoms with van der Waals surface area (Å²) < 4.78 is 16.0. The fourth-order valence-electron chi connectivity index (χ4n) is 3.36. The van der Waals surface area contributed by atoms with Crippen LogP contribution >= 0.6 is 0 Å². The molecule has 26 heavy (non-hydrogen) atoms. The SMILES string of the molecule is CC(=O)Nc1ccc2c(-c3ccccc3F)c(N)n(C3CC3)c(=O)c2c1. The predicted molar refractivity (Wildman–Crippen MR) is 101 cm³/mol. The number of rotatable bonds is 3. The maximum Gasteiger partial charge on any atom is 0.260 e. The van der Waals surface area contributed by atoms with E-state index in [2.05, 4.69) is 5.32 Å². The molecule has 4 rings (SSSR count). The minimum absolute atomic E-state index is 0.0434. The van der Waals surface area contributed by atoms with Gasteiger partial charge in [-0.3, -0.25) is 14.2 Å². The second-order valence-electron chi connectivity index (χ2n) is 6.59. The Morgan fingerprint density at radius 2 is 1.92 bits per heavy atom. The van der Waals surface area contributed by atoms with Crippen molar-refractivity contribution in [2.45, 2.75) is 25.8 Å². The second kappa shape index (κ2) is 5.98. The molecular formula is C20H18FN3O2. The third kappa shape index (κ3) is 2.63. The lowest BCUT2D eigenvalue weighted by Crippen LogP contribution is -2.23. The number of halogens is 1. The molecule has 0 bridgehead atoms. The van der Waals surface area contributed by atoms with E-state index in [1.807, 2.05) is 0 Å². The van der Waals surface area contributed by atoms with E-state index in [1.165, 1.54) is 13.0 Å². The van der Waals surface area contributed by atoms with Crippen molar-refractivity contribution >= 4 is 28.2 Å². The fraction of sp³-hybridized carbons (Fsp3) is 0.200. The number of nitrogens with zero attached hydrogens (tertiary/aromatic N) is 1. The van der Waals surface area contributed by atoms with Gasteiger partial charge in [0.2, 0.25) is 5.91 Å². The molecule has 0 saturated heterocycles. The molecule has 6 heteroatoms. The molecule has 0 radical (unpaired) electrons. The van der Waals surface area contributed by atoms with Gasteiger partial charge in [0.1, 0.15) is 11.6 Å². The molecule has 2 aromatic carbocycles. The van der Waals surface area contributed by atoms with Gasteiger partial charge in [-0.25, -0.2) is 4.39 Å². The van der Waals surface area contributed by atoms with Crippen LogP contribution in [0.1, 0.15) is 25.8 Å².